The quantitative estimate of drug-likeness (QED) is 0.855. The molecule has 2 aromatic rings. The Kier molecular flexibility index (Phi) is 2.76. The molecule has 2 aromatic heterocycles. The fraction of sp³-hybridized carbons (Fsp3) is 0.417. The summed E-state index contributed by atoms with van der Waals surface area (Å²) in [5, 5.41) is 6.90. The molecule has 2 N–H and O–H groups in total. The fourth-order valence-electron chi connectivity index (χ4n) is 2.16. The molecule has 1 saturated heterocycles. The second kappa shape index (κ2) is 4.39. The van der Waals surface area contributed by atoms with E-state index in [9.17, 15) is 0 Å². The third kappa shape index (κ3) is 2.03. The summed E-state index contributed by atoms with van der Waals surface area (Å²) in [6.07, 6.45) is 7.61. The van der Waals surface area contributed by atoms with Crippen LogP contribution in [0.5, 0.6) is 0 Å². The first-order valence-electron chi connectivity index (χ1n) is 5.73. The molecule has 4 heteroatoms. The van der Waals surface area contributed by atoms with E-state index < -0.39 is 0 Å². The van der Waals surface area contributed by atoms with Crippen molar-refractivity contribution in [2.24, 2.45) is 0 Å². The molecular weight excluding hydrogens is 218 g/mol. The van der Waals surface area contributed by atoms with Crippen molar-refractivity contribution in [3.05, 3.63) is 28.8 Å². The van der Waals surface area contributed by atoms with E-state index in [-0.39, 0.29) is 0 Å². The molecule has 16 heavy (non-hydrogen) atoms. The predicted molar refractivity (Wildman–Crippen MR) is 66.6 cm³/mol. The number of H-pyrrole nitrogens is 1. The number of aromatic nitrogens is 2. The molecule has 1 atom stereocenters. The van der Waals surface area contributed by atoms with Gasteiger partial charge in [-0.3, -0.25) is 0 Å². The SMILES string of the molecule is c1cc(-c2csc(CC3CCCN3)n2)c[nH]1. The molecule has 1 aliphatic rings. The maximum absolute atomic E-state index is 4.67. The molecule has 1 fully saturated rings. The molecule has 0 aromatic carbocycles. The molecule has 0 amide bonds. The summed E-state index contributed by atoms with van der Waals surface area (Å²) in [6, 6.07) is 2.71. The van der Waals surface area contributed by atoms with E-state index in [2.05, 4.69) is 26.7 Å². The molecule has 0 aliphatic carbocycles. The van der Waals surface area contributed by atoms with Crippen molar-refractivity contribution in [2.75, 3.05) is 6.54 Å². The van der Waals surface area contributed by atoms with E-state index in [1.165, 1.54) is 30.0 Å². The lowest BCUT2D eigenvalue weighted by molar-refractivity contribution is 0.601. The van der Waals surface area contributed by atoms with Gasteiger partial charge in [0, 0.05) is 35.8 Å². The van der Waals surface area contributed by atoms with Crippen LogP contribution in [0.2, 0.25) is 0 Å². The standard InChI is InChI=1S/C12H15N3S/c1-2-10(14-4-1)6-12-15-11(8-16-12)9-3-5-13-7-9/h3,5,7-8,10,13-14H,1-2,4,6H2. The van der Waals surface area contributed by atoms with Gasteiger partial charge in [0.2, 0.25) is 0 Å². The lowest BCUT2D eigenvalue weighted by atomic mass is 10.2. The number of nitrogens with one attached hydrogen (secondary N) is 2. The number of hydrogen-bond donors (Lipinski definition) is 2. The van der Waals surface area contributed by atoms with Gasteiger partial charge in [0.05, 0.1) is 10.7 Å². The zero-order valence-corrected chi connectivity index (χ0v) is 9.89. The topological polar surface area (TPSA) is 40.7 Å². The summed E-state index contributed by atoms with van der Waals surface area (Å²) in [5.41, 5.74) is 2.28. The molecule has 3 nitrogen and oxygen atoms in total. The number of nitrogens with zero attached hydrogens (tertiary/aromatic N) is 1. The maximum Gasteiger partial charge on any atom is 0.0948 e. The summed E-state index contributed by atoms with van der Waals surface area (Å²) in [7, 11) is 0. The van der Waals surface area contributed by atoms with E-state index in [1.54, 1.807) is 11.3 Å². The van der Waals surface area contributed by atoms with Gasteiger partial charge in [0.15, 0.2) is 0 Å². The first kappa shape index (κ1) is 10.1. The summed E-state index contributed by atoms with van der Waals surface area (Å²) in [6.45, 7) is 1.17. The summed E-state index contributed by atoms with van der Waals surface area (Å²) >= 11 is 1.77. The Morgan fingerprint density at radius 2 is 2.50 bits per heavy atom. The van der Waals surface area contributed by atoms with Crippen LogP contribution in [-0.2, 0) is 6.42 Å². The van der Waals surface area contributed by atoms with Crippen molar-refractivity contribution in [3.8, 4) is 11.3 Å². The van der Waals surface area contributed by atoms with Gasteiger partial charge in [0.25, 0.3) is 0 Å². The van der Waals surface area contributed by atoms with Crippen molar-refractivity contribution in [1.82, 2.24) is 15.3 Å². The van der Waals surface area contributed by atoms with Crippen LogP contribution in [0.25, 0.3) is 11.3 Å². The van der Waals surface area contributed by atoms with Crippen molar-refractivity contribution >= 4 is 11.3 Å². The lowest BCUT2D eigenvalue weighted by Gasteiger charge is -2.06. The minimum absolute atomic E-state index is 0.644. The summed E-state index contributed by atoms with van der Waals surface area (Å²) in [5.74, 6) is 0. The second-order valence-corrected chi connectivity index (χ2v) is 5.17. The minimum atomic E-state index is 0.644. The average Bonchev–Trinajstić information content (AvgIpc) is 2.99. The minimum Gasteiger partial charge on any atom is -0.367 e. The molecule has 3 rings (SSSR count). The van der Waals surface area contributed by atoms with E-state index in [1.807, 2.05) is 12.4 Å². The average molecular weight is 233 g/mol. The highest BCUT2D eigenvalue weighted by Gasteiger charge is 2.16. The van der Waals surface area contributed by atoms with E-state index >= 15 is 0 Å². The summed E-state index contributed by atoms with van der Waals surface area (Å²) in [4.78, 5) is 7.74. The van der Waals surface area contributed by atoms with Gasteiger partial charge < -0.3 is 10.3 Å². The van der Waals surface area contributed by atoms with Gasteiger partial charge in [-0.1, -0.05) is 0 Å². The number of thiazole rings is 1. The van der Waals surface area contributed by atoms with Crippen LogP contribution in [0.15, 0.2) is 23.8 Å². The normalized spacial score (nSPS) is 20.4. The monoisotopic (exact) mass is 233 g/mol. The Bertz CT molecular complexity index is 441. The zero-order valence-electron chi connectivity index (χ0n) is 9.07. The number of rotatable bonds is 3. The molecule has 0 radical (unpaired) electrons. The van der Waals surface area contributed by atoms with Crippen LogP contribution in [0, 0.1) is 0 Å². The largest absolute Gasteiger partial charge is 0.367 e. The smallest absolute Gasteiger partial charge is 0.0948 e. The van der Waals surface area contributed by atoms with Gasteiger partial charge in [-0.25, -0.2) is 4.98 Å². The fourth-order valence-corrected chi connectivity index (χ4v) is 3.05. The summed E-state index contributed by atoms with van der Waals surface area (Å²) < 4.78 is 0. The number of aromatic amines is 1. The van der Waals surface area contributed by atoms with Crippen molar-refractivity contribution in [1.29, 1.82) is 0 Å². The van der Waals surface area contributed by atoms with Gasteiger partial charge in [-0.2, -0.15) is 0 Å². The van der Waals surface area contributed by atoms with Crippen molar-refractivity contribution in [3.63, 3.8) is 0 Å². The Morgan fingerprint density at radius 3 is 3.25 bits per heavy atom. The van der Waals surface area contributed by atoms with E-state index in [4.69, 9.17) is 0 Å². The Balaban J connectivity index is 1.72. The molecule has 0 saturated carbocycles. The maximum atomic E-state index is 4.67. The Labute approximate surface area is 98.9 Å². The van der Waals surface area contributed by atoms with Crippen LogP contribution in [0.1, 0.15) is 17.8 Å². The second-order valence-electron chi connectivity index (χ2n) is 4.22. The molecular formula is C12H15N3S. The van der Waals surface area contributed by atoms with Gasteiger partial charge in [-0.15, -0.1) is 11.3 Å². The van der Waals surface area contributed by atoms with Crippen LogP contribution in [0.4, 0.5) is 0 Å². The highest BCUT2D eigenvalue weighted by atomic mass is 32.1. The van der Waals surface area contributed by atoms with Crippen molar-refractivity contribution in [2.45, 2.75) is 25.3 Å². The van der Waals surface area contributed by atoms with Crippen LogP contribution >= 0.6 is 11.3 Å². The molecule has 1 unspecified atom stereocenters. The molecule has 0 bridgehead atoms. The van der Waals surface area contributed by atoms with Gasteiger partial charge in [-0.05, 0) is 25.5 Å². The Hall–Kier alpha value is -1.13. The third-order valence-electron chi connectivity index (χ3n) is 3.03. The molecule has 0 spiro atoms. The Morgan fingerprint density at radius 1 is 1.50 bits per heavy atom. The highest BCUT2D eigenvalue weighted by Crippen LogP contribution is 2.23. The molecule has 3 heterocycles. The van der Waals surface area contributed by atoms with Crippen LogP contribution < -0.4 is 5.32 Å². The van der Waals surface area contributed by atoms with Crippen LogP contribution in [-0.4, -0.2) is 22.6 Å². The van der Waals surface area contributed by atoms with Gasteiger partial charge >= 0.3 is 0 Å². The molecule has 84 valence electrons. The van der Waals surface area contributed by atoms with E-state index in [0.29, 0.717) is 6.04 Å². The van der Waals surface area contributed by atoms with E-state index in [0.717, 1.165) is 12.1 Å². The predicted octanol–water partition coefficient (Wildman–Crippen LogP) is 2.43. The molecule has 1 aliphatic heterocycles. The highest BCUT2D eigenvalue weighted by molar-refractivity contribution is 7.09. The third-order valence-corrected chi connectivity index (χ3v) is 3.90. The number of hydrogen-bond acceptors (Lipinski definition) is 3. The zero-order chi connectivity index (χ0) is 10.8. The van der Waals surface area contributed by atoms with Crippen LogP contribution in [0.3, 0.4) is 0 Å². The first-order valence-corrected chi connectivity index (χ1v) is 6.61. The lowest BCUT2D eigenvalue weighted by Crippen LogP contribution is -2.23. The van der Waals surface area contributed by atoms with Crippen molar-refractivity contribution < 1.29 is 0 Å². The van der Waals surface area contributed by atoms with Gasteiger partial charge in [0.1, 0.15) is 0 Å². The first-order chi connectivity index (χ1) is 7.92.